The number of hydrogen-bond acceptors (Lipinski definition) is 4. The Morgan fingerprint density at radius 3 is 2.52 bits per heavy atom. The van der Waals surface area contributed by atoms with Crippen LogP contribution in [0.5, 0.6) is 5.75 Å². The first-order valence-corrected chi connectivity index (χ1v) is 7.83. The second kappa shape index (κ2) is 5.07. The van der Waals surface area contributed by atoms with E-state index in [1.807, 2.05) is 24.5 Å². The number of carbonyl (C=O) groups excluding carboxylic acids is 1. The molecule has 0 fully saturated rings. The van der Waals surface area contributed by atoms with Gasteiger partial charge in [-0.1, -0.05) is 24.3 Å². The molecule has 0 heterocycles. The van der Waals surface area contributed by atoms with Crippen LogP contribution in [0, 0.1) is 5.92 Å². The normalized spacial score (nSPS) is 17.8. The van der Waals surface area contributed by atoms with Gasteiger partial charge in [-0.05, 0) is 23.6 Å². The number of aliphatic carboxylic acids is 1. The second-order valence-corrected chi connectivity index (χ2v) is 5.96. The van der Waals surface area contributed by atoms with Gasteiger partial charge in [0.1, 0.15) is 5.75 Å². The molecule has 3 rings (SSSR count). The molecular weight excluding hydrogens is 288 g/mol. The number of phenolic OH excluding ortho intramolecular Hbond substituents is 1. The minimum atomic E-state index is -0.964. The standard InChI is InChI=1S/C16H14O4S/c1-21-15-10-5-3-2-4-9(10)14(18)13-11(15)6-8(16(19)20)7-12(13)17/h2-5,8,18H,6-7H2,1H3,(H,19,20). The van der Waals surface area contributed by atoms with Crippen LogP contribution >= 0.6 is 11.8 Å². The minimum absolute atomic E-state index is 0.0211. The molecule has 0 saturated carbocycles. The molecule has 0 amide bonds. The lowest BCUT2D eigenvalue weighted by atomic mass is 9.81. The summed E-state index contributed by atoms with van der Waals surface area (Å²) in [6, 6.07) is 7.34. The molecule has 1 unspecified atom stereocenters. The third-order valence-electron chi connectivity index (χ3n) is 3.95. The van der Waals surface area contributed by atoms with E-state index in [2.05, 4.69) is 0 Å². The van der Waals surface area contributed by atoms with E-state index in [0.717, 1.165) is 10.3 Å². The number of carbonyl (C=O) groups is 2. The van der Waals surface area contributed by atoms with Gasteiger partial charge < -0.3 is 10.2 Å². The Morgan fingerprint density at radius 1 is 1.24 bits per heavy atom. The van der Waals surface area contributed by atoms with Crippen LogP contribution in [0.4, 0.5) is 0 Å². The minimum Gasteiger partial charge on any atom is -0.507 e. The Balaban J connectivity index is 2.35. The number of hydrogen-bond donors (Lipinski definition) is 2. The number of carboxylic acids is 1. The van der Waals surface area contributed by atoms with Crippen molar-refractivity contribution in [2.75, 3.05) is 6.26 Å². The quantitative estimate of drug-likeness (QED) is 0.834. The van der Waals surface area contributed by atoms with Crippen LogP contribution in [-0.4, -0.2) is 28.2 Å². The lowest BCUT2D eigenvalue weighted by molar-refractivity contribution is -0.141. The molecule has 5 heteroatoms. The summed E-state index contributed by atoms with van der Waals surface area (Å²) >= 11 is 1.48. The molecule has 2 aromatic carbocycles. The monoisotopic (exact) mass is 302 g/mol. The van der Waals surface area contributed by atoms with Crippen molar-refractivity contribution >= 4 is 34.3 Å². The Hall–Kier alpha value is -2.01. The largest absolute Gasteiger partial charge is 0.507 e. The fraction of sp³-hybridized carbons (Fsp3) is 0.250. The third kappa shape index (κ3) is 2.08. The average Bonchev–Trinajstić information content (AvgIpc) is 2.47. The molecule has 0 spiro atoms. The first-order valence-electron chi connectivity index (χ1n) is 6.61. The van der Waals surface area contributed by atoms with Gasteiger partial charge in [0, 0.05) is 16.7 Å². The van der Waals surface area contributed by atoms with E-state index < -0.39 is 11.9 Å². The maximum atomic E-state index is 12.3. The Morgan fingerprint density at radius 2 is 1.90 bits per heavy atom. The van der Waals surface area contributed by atoms with Crippen molar-refractivity contribution in [3.8, 4) is 5.75 Å². The summed E-state index contributed by atoms with van der Waals surface area (Å²) in [5.74, 6) is -1.99. The summed E-state index contributed by atoms with van der Waals surface area (Å²) in [7, 11) is 0. The summed E-state index contributed by atoms with van der Waals surface area (Å²) < 4.78 is 0. The van der Waals surface area contributed by atoms with E-state index in [1.54, 1.807) is 6.07 Å². The number of thioether (sulfide) groups is 1. The van der Waals surface area contributed by atoms with Crippen molar-refractivity contribution in [3.05, 3.63) is 35.4 Å². The number of benzene rings is 2. The van der Waals surface area contributed by atoms with E-state index in [9.17, 15) is 19.8 Å². The fourth-order valence-corrected chi connectivity index (χ4v) is 3.82. The van der Waals surface area contributed by atoms with Gasteiger partial charge in [0.15, 0.2) is 5.78 Å². The zero-order valence-electron chi connectivity index (χ0n) is 11.4. The lowest BCUT2D eigenvalue weighted by Gasteiger charge is -2.25. The first kappa shape index (κ1) is 13.9. The first-order chi connectivity index (χ1) is 10.0. The number of aromatic hydroxyl groups is 1. The van der Waals surface area contributed by atoms with E-state index in [0.29, 0.717) is 16.5 Å². The molecule has 0 saturated heterocycles. The molecular formula is C16H14O4S. The van der Waals surface area contributed by atoms with Gasteiger partial charge in [-0.3, -0.25) is 9.59 Å². The van der Waals surface area contributed by atoms with Crippen LogP contribution in [0.1, 0.15) is 22.3 Å². The van der Waals surface area contributed by atoms with Crippen molar-refractivity contribution < 1.29 is 19.8 Å². The van der Waals surface area contributed by atoms with E-state index >= 15 is 0 Å². The highest BCUT2D eigenvalue weighted by atomic mass is 32.2. The van der Waals surface area contributed by atoms with Gasteiger partial charge in [0.25, 0.3) is 0 Å². The van der Waals surface area contributed by atoms with E-state index in [1.165, 1.54) is 11.8 Å². The van der Waals surface area contributed by atoms with Gasteiger partial charge in [-0.15, -0.1) is 11.8 Å². The summed E-state index contributed by atoms with van der Waals surface area (Å²) in [5.41, 5.74) is 0.970. The predicted octanol–water partition coefficient (Wildman–Crippen LogP) is 3.10. The Bertz CT molecular complexity index is 766. The third-order valence-corrected chi connectivity index (χ3v) is 4.83. The molecule has 0 aliphatic heterocycles. The molecule has 21 heavy (non-hydrogen) atoms. The van der Waals surface area contributed by atoms with Gasteiger partial charge in [-0.2, -0.15) is 0 Å². The highest BCUT2D eigenvalue weighted by Crippen LogP contribution is 2.43. The van der Waals surface area contributed by atoms with Gasteiger partial charge in [0.2, 0.25) is 0 Å². The van der Waals surface area contributed by atoms with Crippen molar-refractivity contribution in [1.29, 1.82) is 0 Å². The van der Waals surface area contributed by atoms with Crippen LogP contribution in [-0.2, 0) is 11.2 Å². The topological polar surface area (TPSA) is 74.6 Å². The predicted molar refractivity (Wildman–Crippen MR) is 81.2 cm³/mol. The SMILES string of the molecule is CSc1c2c(c(O)c3ccccc13)C(=O)CC(C(=O)O)C2. The molecule has 1 aliphatic carbocycles. The zero-order chi connectivity index (χ0) is 15.1. The smallest absolute Gasteiger partial charge is 0.307 e. The summed E-state index contributed by atoms with van der Waals surface area (Å²) in [5, 5.41) is 21.1. The van der Waals surface area contributed by atoms with Crippen molar-refractivity contribution in [2.24, 2.45) is 5.92 Å². The van der Waals surface area contributed by atoms with Gasteiger partial charge in [0.05, 0.1) is 11.5 Å². The molecule has 2 aromatic rings. The van der Waals surface area contributed by atoms with Crippen LogP contribution in [0.25, 0.3) is 10.8 Å². The molecule has 2 N–H and O–H groups in total. The molecule has 108 valence electrons. The Kier molecular flexibility index (Phi) is 3.37. The summed E-state index contributed by atoms with van der Waals surface area (Å²) in [6.07, 6.45) is 2.13. The van der Waals surface area contributed by atoms with Crippen molar-refractivity contribution in [1.82, 2.24) is 0 Å². The van der Waals surface area contributed by atoms with E-state index in [4.69, 9.17) is 0 Å². The molecule has 0 radical (unpaired) electrons. The molecule has 4 nitrogen and oxygen atoms in total. The molecule has 0 bridgehead atoms. The lowest BCUT2D eigenvalue weighted by Crippen LogP contribution is -2.27. The fourth-order valence-electron chi connectivity index (χ4n) is 2.99. The maximum absolute atomic E-state index is 12.3. The Labute approximate surface area is 125 Å². The van der Waals surface area contributed by atoms with Gasteiger partial charge in [-0.25, -0.2) is 0 Å². The van der Waals surface area contributed by atoms with Crippen LogP contribution in [0.15, 0.2) is 29.2 Å². The average molecular weight is 302 g/mol. The van der Waals surface area contributed by atoms with Crippen LogP contribution in [0.3, 0.4) is 0 Å². The van der Waals surface area contributed by atoms with Gasteiger partial charge >= 0.3 is 5.97 Å². The molecule has 1 atom stereocenters. The number of fused-ring (bicyclic) bond motifs is 2. The number of phenols is 1. The summed E-state index contributed by atoms with van der Waals surface area (Å²) in [6.45, 7) is 0. The highest BCUT2D eigenvalue weighted by Gasteiger charge is 2.34. The van der Waals surface area contributed by atoms with Crippen molar-refractivity contribution in [2.45, 2.75) is 17.7 Å². The number of carboxylic acid groups (broad SMARTS) is 1. The molecule has 1 aliphatic rings. The highest BCUT2D eigenvalue weighted by molar-refractivity contribution is 7.98. The van der Waals surface area contributed by atoms with Crippen molar-refractivity contribution in [3.63, 3.8) is 0 Å². The zero-order valence-corrected chi connectivity index (χ0v) is 12.2. The number of Topliss-reactive ketones (excluding diaryl/α,β-unsaturated/α-hetero) is 1. The summed E-state index contributed by atoms with van der Waals surface area (Å²) in [4.78, 5) is 24.4. The number of rotatable bonds is 2. The molecule has 0 aromatic heterocycles. The van der Waals surface area contributed by atoms with E-state index in [-0.39, 0.29) is 24.4 Å². The number of ketones is 1. The van der Waals surface area contributed by atoms with Crippen LogP contribution < -0.4 is 0 Å². The van der Waals surface area contributed by atoms with Crippen LogP contribution in [0.2, 0.25) is 0 Å². The maximum Gasteiger partial charge on any atom is 0.307 e. The second-order valence-electron chi connectivity index (χ2n) is 5.15.